The maximum atomic E-state index is 13.6. The van der Waals surface area contributed by atoms with Gasteiger partial charge in [0, 0.05) is 32.0 Å². The van der Waals surface area contributed by atoms with E-state index >= 15 is 0 Å². The number of carbonyl (C=O) groups excluding carboxylic acids is 1. The van der Waals surface area contributed by atoms with Crippen molar-refractivity contribution in [2.75, 3.05) is 25.0 Å². The molecule has 0 radical (unpaired) electrons. The Kier molecular flexibility index (Phi) is 5.41. The molecule has 0 spiro atoms. The molecule has 1 N–H and O–H groups in total. The summed E-state index contributed by atoms with van der Waals surface area (Å²) in [6.45, 7) is 2.23. The Morgan fingerprint density at radius 3 is 2.75 bits per heavy atom. The molecule has 1 aromatic heterocycles. The summed E-state index contributed by atoms with van der Waals surface area (Å²) in [5.41, 5.74) is 2.07. The zero-order valence-corrected chi connectivity index (χ0v) is 13.7. The van der Waals surface area contributed by atoms with Gasteiger partial charge in [-0.05, 0) is 43.4 Å². The number of hydrogen-bond acceptors (Lipinski definition) is 3. The number of rotatable bonds is 5. The monoisotopic (exact) mass is 327 g/mol. The first-order chi connectivity index (χ1) is 11.7. The van der Waals surface area contributed by atoms with E-state index in [4.69, 9.17) is 0 Å². The predicted octanol–water partition coefficient (Wildman–Crippen LogP) is 3.50. The molecule has 1 aliphatic rings. The van der Waals surface area contributed by atoms with Crippen molar-refractivity contribution < 1.29 is 9.18 Å². The first-order valence-corrected chi connectivity index (χ1v) is 8.45. The number of benzene rings is 1. The van der Waals surface area contributed by atoms with Crippen molar-refractivity contribution in [1.29, 1.82) is 0 Å². The zero-order chi connectivity index (χ0) is 16.8. The minimum Gasteiger partial charge on any atom is -0.383 e. The van der Waals surface area contributed by atoms with Crippen LogP contribution in [0.1, 0.15) is 35.2 Å². The Labute approximate surface area is 141 Å². The van der Waals surface area contributed by atoms with Crippen molar-refractivity contribution in [3.63, 3.8) is 0 Å². The standard InChI is InChI=1S/C19H22FN3O/c20-18-7-3-2-6-15(18)8-9-22-17-12-16(13-21-14-17)19(24)23-10-4-1-5-11-23/h2-3,6-7,12-14,22H,1,4-5,8-11H2. The van der Waals surface area contributed by atoms with Gasteiger partial charge in [-0.1, -0.05) is 18.2 Å². The van der Waals surface area contributed by atoms with Gasteiger partial charge in [0.05, 0.1) is 11.3 Å². The third-order valence-corrected chi connectivity index (χ3v) is 4.31. The average molecular weight is 327 g/mol. The smallest absolute Gasteiger partial charge is 0.255 e. The van der Waals surface area contributed by atoms with Crippen molar-refractivity contribution in [2.24, 2.45) is 0 Å². The molecular weight excluding hydrogens is 305 g/mol. The number of nitrogens with one attached hydrogen (secondary N) is 1. The minimum atomic E-state index is -0.188. The number of amides is 1. The predicted molar refractivity (Wildman–Crippen MR) is 92.6 cm³/mol. The fourth-order valence-electron chi connectivity index (χ4n) is 2.98. The van der Waals surface area contributed by atoms with Crippen LogP contribution in [0.2, 0.25) is 0 Å². The quantitative estimate of drug-likeness (QED) is 0.914. The first kappa shape index (κ1) is 16.4. The largest absolute Gasteiger partial charge is 0.383 e. The lowest BCUT2D eigenvalue weighted by Gasteiger charge is -2.26. The van der Waals surface area contributed by atoms with Gasteiger partial charge < -0.3 is 10.2 Å². The summed E-state index contributed by atoms with van der Waals surface area (Å²) in [4.78, 5) is 18.6. The molecule has 0 aliphatic carbocycles. The van der Waals surface area contributed by atoms with Crippen LogP contribution in [0.3, 0.4) is 0 Å². The Morgan fingerprint density at radius 1 is 1.17 bits per heavy atom. The second kappa shape index (κ2) is 7.90. The molecule has 3 rings (SSSR count). The van der Waals surface area contributed by atoms with Crippen LogP contribution >= 0.6 is 0 Å². The highest BCUT2D eigenvalue weighted by molar-refractivity contribution is 5.94. The van der Waals surface area contributed by atoms with E-state index in [1.54, 1.807) is 24.5 Å². The molecule has 4 nitrogen and oxygen atoms in total. The van der Waals surface area contributed by atoms with E-state index in [9.17, 15) is 9.18 Å². The average Bonchev–Trinajstić information content (AvgIpc) is 2.64. The summed E-state index contributed by atoms with van der Waals surface area (Å²) in [6.07, 6.45) is 7.21. The number of likely N-dealkylation sites (tertiary alicyclic amines) is 1. The van der Waals surface area contributed by atoms with Gasteiger partial charge in [0.15, 0.2) is 0 Å². The summed E-state index contributed by atoms with van der Waals surface area (Å²) in [6, 6.07) is 8.59. The molecule has 0 saturated carbocycles. The highest BCUT2D eigenvalue weighted by Gasteiger charge is 2.18. The lowest BCUT2D eigenvalue weighted by molar-refractivity contribution is 0.0724. The van der Waals surface area contributed by atoms with E-state index in [0.717, 1.165) is 31.6 Å². The van der Waals surface area contributed by atoms with Crippen molar-refractivity contribution in [1.82, 2.24) is 9.88 Å². The third kappa shape index (κ3) is 4.10. The highest BCUT2D eigenvalue weighted by atomic mass is 19.1. The normalized spacial score (nSPS) is 14.5. The zero-order valence-electron chi connectivity index (χ0n) is 13.7. The molecule has 0 bridgehead atoms. The third-order valence-electron chi connectivity index (χ3n) is 4.31. The van der Waals surface area contributed by atoms with Crippen molar-refractivity contribution in [3.05, 3.63) is 59.7 Å². The van der Waals surface area contributed by atoms with Crippen LogP contribution in [0, 0.1) is 5.82 Å². The van der Waals surface area contributed by atoms with E-state index in [1.807, 2.05) is 17.0 Å². The number of piperidine rings is 1. The van der Waals surface area contributed by atoms with Crippen molar-refractivity contribution in [3.8, 4) is 0 Å². The number of halogens is 1. The molecule has 1 saturated heterocycles. The van der Waals surface area contributed by atoms with E-state index in [0.29, 0.717) is 24.1 Å². The maximum Gasteiger partial charge on any atom is 0.255 e. The second-order valence-corrected chi connectivity index (χ2v) is 6.08. The molecule has 2 aromatic rings. The van der Waals surface area contributed by atoms with Crippen LogP contribution in [0.25, 0.3) is 0 Å². The summed E-state index contributed by atoms with van der Waals surface area (Å²) in [7, 11) is 0. The Morgan fingerprint density at radius 2 is 1.96 bits per heavy atom. The maximum absolute atomic E-state index is 13.6. The SMILES string of the molecule is O=C(c1cncc(NCCc2ccccc2F)c1)N1CCCCC1. The molecular formula is C19H22FN3O. The van der Waals surface area contributed by atoms with Gasteiger partial charge in [-0.2, -0.15) is 0 Å². The fourth-order valence-corrected chi connectivity index (χ4v) is 2.98. The number of nitrogens with zero attached hydrogens (tertiary/aromatic N) is 2. The van der Waals surface area contributed by atoms with E-state index in [1.165, 1.54) is 12.5 Å². The van der Waals surface area contributed by atoms with Crippen LogP contribution in [-0.4, -0.2) is 35.4 Å². The molecule has 5 heteroatoms. The summed E-state index contributed by atoms with van der Waals surface area (Å²) in [5, 5.41) is 3.22. The van der Waals surface area contributed by atoms with Gasteiger partial charge in [0.25, 0.3) is 5.91 Å². The van der Waals surface area contributed by atoms with Gasteiger partial charge >= 0.3 is 0 Å². The lowest BCUT2D eigenvalue weighted by Crippen LogP contribution is -2.35. The van der Waals surface area contributed by atoms with Crippen molar-refractivity contribution in [2.45, 2.75) is 25.7 Å². The number of hydrogen-bond donors (Lipinski definition) is 1. The van der Waals surface area contributed by atoms with Crippen LogP contribution < -0.4 is 5.32 Å². The molecule has 1 aromatic carbocycles. The van der Waals surface area contributed by atoms with Crippen LogP contribution in [0.4, 0.5) is 10.1 Å². The fraction of sp³-hybridized carbons (Fsp3) is 0.368. The van der Waals surface area contributed by atoms with Gasteiger partial charge in [-0.3, -0.25) is 9.78 Å². The molecule has 24 heavy (non-hydrogen) atoms. The highest BCUT2D eigenvalue weighted by Crippen LogP contribution is 2.15. The minimum absolute atomic E-state index is 0.0416. The number of anilines is 1. The van der Waals surface area contributed by atoms with Crippen LogP contribution in [0.15, 0.2) is 42.7 Å². The number of pyridine rings is 1. The van der Waals surface area contributed by atoms with Gasteiger partial charge in [-0.15, -0.1) is 0 Å². The molecule has 1 aliphatic heterocycles. The molecule has 2 heterocycles. The summed E-state index contributed by atoms with van der Waals surface area (Å²) >= 11 is 0. The number of carbonyl (C=O) groups is 1. The number of aromatic nitrogens is 1. The van der Waals surface area contributed by atoms with E-state index < -0.39 is 0 Å². The molecule has 126 valence electrons. The Balaban J connectivity index is 1.59. The van der Waals surface area contributed by atoms with Gasteiger partial charge in [-0.25, -0.2) is 4.39 Å². The van der Waals surface area contributed by atoms with Gasteiger partial charge in [0.1, 0.15) is 5.82 Å². The lowest BCUT2D eigenvalue weighted by atomic mass is 10.1. The Hall–Kier alpha value is -2.43. The van der Waals surface area contributed by atoms with Gasteiger partial charge in [0.2, 0.25) is 0 Å². The van der Waals surface area contributed by atoms with Crippen LogP contribution in [-0.2, 0) is 6.42 Å². The summed E-state index contributed by atoms with van der Waals surface area (Å²) in [5.74, 6) is -0.147. The Bertz CT molecular complexity index is 699. The molecule has 1 fully saturated rings. The second-order valence-electron chi connectivity index (χ2n) is 6.08. The molecule has 1 amide bonds. The topological polar surface area (TPSA) is 45.2 Å². The van der Waals surface area contributed by atoms with E-state index in [-0.39, 0.29) is 11.7 Å². The molecule has 0 unspecified atom stereocenters. The summed E-state index contributed by atoms with van der Waals surface area (Å²) < 4.78 is 13.6. The van der Waals surface area contributed by atoms with E-state index in [2.05, 4.69) is 10.3 Å². The van der Waals surface area contributed by atoms with Crippen LogP contribution in [0.5, 0.6) is 0 Å². The van der Waals surface area contributed by atoms with Crippen molar-refractivity contribution >= 4 is 11.6 Å². The molecule has 0 atom stereocenters. The first-order valence-electron chi connectivity index (χ1n) is 8.45.